The summed E-state index contributed by atoms with van der Waals surface area (Å²) in [7, 11) is 1.63. The molecule has 1 fully saturated rings. The Balaban J connectivity index is 2.34. The zero-order valence-electron chi connectivity index (χ0n) is 11.9. The van der Waals surface area contributed by atoms with Crippen molar-refractivity contribution in [1.29, 1.82) is 0 Å². The number of nitrogens with zero attached hydrogens (tertiary/aromatic N) is 1. The Labute approximate surface area is 118 Å². The van der Waals surface area contributed by atoms with Gasteiger partial charge in [0.1, 0.15) is 6.04 Å². The molecule has 0 spiro atoms. The number of anilines is 1. The number of rotatable bonds is 4. The SMILES string of the molecule is CCC1NC(=O)CCN(c2ccccc2COC)C1=O. The van der Waals surface area contributed by atoms with Crippen molar-refractivity contribution in [1.82, 2.24) is 5.32 Å². The molecule has 5 nitrogen and oxygen atoms in total. The maximum absolute atomic E-state index is 12.5. The van der Waals surface area contributed by atoms with Crippen molar-refractivity contribution >= 4 is 17.5 Å². The van der Waals surface area contributed by atoms with Crippen LogP contribution in [0.15, 0.2) is 24.3 Å². The van der Waals surface area contributed by atoms with E-state index in [4.69, 9.17) is 4.74 Å². The molecule has 2 amide bonds. The first-order chi connectivity index (χ1) is 9.67. The largest absolute Gasteiger partial charge is 0.380 e. The van der Waals surface area contributed by atoms with Crippen LogP contribution in [0.1, 0.15) is 25.3 Å². The fourth-order valence-corrected chi connectivity index (χ4v) is 2.41. The van der Waals surface area contributed by atoms with Gasteiger partial charge < -0.3 is 15.0 Å². The molecule has 0 aliphatic carbocycles. The van der Waals surface area contributed by atoms with Gasteiger partial charge in [-0.05, 0) is 12.5 Å². The van der Waals surface area contributed by atoms with Gasteiger partial charge in [0.15, 0.2) is 0 Å². The van der Waals surface area contributed by atoms with Crippen LogP contribution in [0, 0.1) is 0 Å². The fourth-order valence-electron chi connectivity index (χ4n) is 2.41. The van der Waals surface area contributed by atoms with Gasteiger partial charge in [-0.3, -0.25) is 9.59 Å². The predicted octanol–water partition coefficient (Wildman–Crippen LogP) is 1.46. The third kappa shape index (κ3) is 2.99. The summed E-state index contributed by atoms with van der Waals surface area (Å²) in [5.41, 5.74) is 1.78. The first-order valence-electron chi connectivity index (χ1n) is 6.85. The van der Waals surface area contributed by atoms with Gasteiger partial charge in [0, 0.05) is 31.3 Å². The molecule has 1 aromatic rings. The Morgan fingerprint density at radius 1 is 1.35 bits per heavy atom. The Bertz CT molecular complexity index is 502. The zero-order chi connectivity index (χ0) is 14.5. The van der Waals surface area contributed by atoms with Crippen LogP contribution < -0.4 is 10.2 Å². The first kappa shape index (κ1) is 14.5. The van der Waals surface area contributed by atoms with E-state index in [1.165, 1.54) is 0 Å². The molecule has 0 bridgehead atoms. The Morgan fingerprint density at radius 3 is 2.80 bits per heavy atom. The highest BCUT2D eigenvalue weighted by Crippen LogP contribution is 2.23. The van der Waals surface area contributed by atoms with Crippen LogP contribution in [-0.4, -0.2) is 31.5 Å². The second kappa shape index (κ2) is 6.52. The van der Waals surface area contributed by atoms with E-state index in [0.717, 1.165) is 11.3 Å². The highest BCUT2D eigenvalue weighted by molar-refractivity contribution is 6.01. The summed E-state index contributed by atoms with van der Waals surface area (Å²) in [4.78, 5) is 25.9. The fraction of sp³-hybridized carbons (Fsp3) is 0.467. The average molecular weight is 276 g/mol. The minimum Gasteiger partial charge on any atom is -0.380 e. The molecule has 1 aliphatic rings. The van der Waals surface area contributed by atoms with Crippen molar-refractivity contribution in [2.45, 2.75) is 32.4 Å². The molecule has 0 radical (unpaired) electrons. The molecule has 1 unspecified atom stereocenters. The number of methoxy groups -OCH3 is 1. The van der Waals surface area contributed by atoms with Crippen molar-refractivity contribution < 1.29 is 14.3 Å². The highest BCUT2D eigenvalue weighted by atomic mass is 16.5. The number of hydrogen-bond acceptors (Lipinski definition) is 3. The van der Waals surface area contributed by atoms with Crippen LogP contribution in [0.4, 0.5) is 5.69 Å². The smallest absolute Gasteiger partial charge is 0.249 e. The summed E-state index contributed by atoms with van der Waals surface area (Å²) in [6.07, 6.45) is 0.914. The lowest BCUT2D eigenvalue weighted by molar-refractivity contribution is -0.125. The van der Waals surface area contributed by atoms with E-state index in [1.807, 2.05) is 31.2 Å². The molecule has 1 heterocycles. The number of benzene rings is 1. The molecule has 1 saturated heterocycles. The summed E-state index contributed by atoms with van der Waals surface area (Å²) in [5.74, 6) is -0.126. The monoisotopic (exact) mass is 276 g/mol. The maximum Gasteiger partial charge on any atom is 0.249 e. The average Bonchev–Trinajstić information content (AvgIpc) is 2.59. The van der Waals surface area contributed by atoms with E-state index in [-0.39, 0.29) is 11.8 Å². The van der Waals surface area contributed by atoms with Gasteiger partial charge >= 0.3 is 0 Å². The zero-order valence-corrected chi connectivity index (χ0v) is 11.9. The first-order valence-corrected chi connectivity index (χ1v) is 6.85. The Kier molecular flexibility index (Phi) is 4.74. The van der Waals surface area contributed by atoms with Crippen molar-refractivity contribution in [2.24, 2.45) is 0 Å². The van der Waals surface area contributed by atoms with Crippen LogP contribution in [-0.2, 0) is 20.9 Å². The normalized spacial score (nSPS) is 19.7. The summed E-state index contributed by atoms with van der Waals surface area (Å²) < 4.78 is 5.18. The topological polar surface area (TPSA) is 58.6 Å². The van der Waals surface area contributed by atoms with E-state index >= 15 is 0 Å². The molecule has 5 heteroatoms. The summed E-state index contributed by atoms with van der Waals surface area (Å²) >= 11 is 0. The number of carbonyl (C=O) groups is 2. The molecular formula is C15H20N2O3. The van der Waals surface area contributed by atoms with Crippen LogP contribution in [0.25, 0.3) is 0 Å². The van der Waals surface area contributed by atoms with E-state index in [2.05, 4.69) is 5.32 Å². The number of para-hydroxylation sites is 1. The number of ether oxygens (including phenoxy) is 1. The minimum atomic E-state index is -0.444. The molecule has 1 aliphatic heterocycles. The van der Waals surface area contributed by atoms with Gasteiger partial charge in [-0.25, -0.2) is 0 Å². The van der Waals surface area contributed by atoms with Crippen molar-refractivity contribution in [3.05, 3.63) is 29.8 Å². The maximum atomic E-state index is 12.5. The molecule has 108 valence electrons. The minimum absolute atomic E-state index is 0.0538. The molecule has 1 atom stereocenters. The molecule has 0 aromatic heterocycles. The Morgan fingerprint density at radius 2 is 2.10 bits per heavy atom. The quantitative estimate of drug-likeness (QED) is 0.906. The predicted molar refractivity (Wildman–Crippen MR) is 76.3 cm³/mol. The van der Waals surface area contributed by atoms with E-state index in [0.29, 0.717) is 26.0 Å². The molecule has 2 rings (SSSR count). The molecular weight excluding hydrogens is 256 g/mol. The van der Waals surface area contributed by atoms with Gasteiger partial charge in [-0.15, -0.1) is 0 Å². The summed E-state index contributed by atoms with van der Waals surface area (Å²) in [5, 5.41) is 2.77. The third-order valence-corrected chi connectivity index (χ3v) is 3.45. The number of amides is 2. The van der Waals surface area contributed by atoms with Crippen molar-refractivity contribution in [3.8, 4) is 0 Å². The van der Waals surface area contributed by atoms with Gasteiger partial charge in [0.2, 0.25) is 11.8 Å². The molecule has 1 N–H and O–H groups in total. The van der Waals surface area contributed by atoms with E-state index in [9.17, 15) is 9.59 Å². The lowest BCUT2D eigenvalue weighted by Gasteiger charge is -2.25. The highest BCUT2D eigenvalue weighted by Gasteiger charge is 2.30. The lowest BCUT2D eigenvalue weighted by Crippen LogP contribution is -2.44. The van der Waals surface area contributed by atoms with Crippen LogP contribution in [0.2, 0.25) is 0 Å². The molecule has 0 saturated carbocycles. The Hall–Kier alpha value is -1.88. The second-order valence-electron chi connectivity index (χ2n) is 4.83. The summed E-state index contributed by atoms with van der Waals surface area (Å²) in [6, 6.07) is 7.20. The van der Waals surface area contributed by atoms with Crippen LogP contribution in [0.5, 0.6) is 0 Å². The van der Waals surface area contributed by atoms with Crippen LogP contribution in [0.3, 0.4) is 0 Å². The van der Waals surface area contributed by atoms with Gasteiger partial charge in [0.05, 0.1) is 6.61 Å². The van der Waals surface area contributed by atoms with E-state index in [1.54, 1.807) is 12.0 Å². The molecule has 20 heavy (non-hydrogen) atoms. The second-order valence-corrected chi connectivity index (χ2v) is 4.83. The third-order valence-electron chi connectivity index (χ3n) is 3.45. The number of carbonyl (C=O) groups excluding carboxylic acids is 2. The van der Waals surface area contributed by atoms with Gasteiger partial charge in [-0.2, -0.15) is 0 Å². The van der Waals surface area contributed by atoms with E-state index < -0.39 is 6.04 Å². The van der Waals surface area contributed by atoms with Crippen LogP contribution >= 0.6 is 0 Å². The lowest BCUT2D eigenvalue weighted by atomic mass is 10.1. The van der Waals surface area contributed by atoms with Gasteiger partial charge in [-0.1, -0.05) is 25.1 Å². The molecule has 1 aromatic carbocycles. The van der Waals surface area contributed by atoms with Crippen molar-refractivity contribution in [2.75, 3.05) is 18.6 Å². The number of nitrogens with one attached hydrogen (secondary N) is 1. The summed E-state index contributed by atoms with van der Waals surface area (Å²) in [6.45, 7) is 2.74. The standard InChI is InChI=1S/C15H20N2O3/c1-3-12-15(19)17(9-8-14(18)16-12)13-7-5-4-6-11(13)10-20-2/h4-7,12H,3,8-10H2,1-2H3,(H,16,18). The van der Waals surface area contributed by atoms with Gasteiger partial charge in [0.25, 0.3) is 0 Å². The number of hydrogen-bond donors (Lipinski definition) is 1. The van der Waals surface area contributed by atoms with Crippen molar-refractivity contribution in [3.63, 3.8) is 0 Å².